The fourth-order valence-corrected chi connectivity index (χ4v) is 4.50. The highest BCUT2D eigenvalue weighted by Gasteiger charge is 2.30. The van der Waals surface area contributed by atoms with E-state index in [0.29, 0.717) is 22.0 Å². The molecule has 5 aromatic rings. The Hall–Kier alpha value is -4.42. The number of carbonyl (C=O) groups is 2. The lowest BCUT2D eigenvalue weighted by Gasteiger charge is -2.09. The molecule has 0 aliphatic heterocycles. The van der Waals surface area contributed by atoms with Crippen LogP contribution in [0.4, 0.5) is 0 Å². The Kier molecular flexibility index (Phi) is 6.75. The summed E-state index contributed by atoms with van der Waals surface area (Å²) >= 11 is 6.04. The Morgan fingerprint density at radius 2 is 1.54 bits per heavy atom. The van der Waals surface area contributed by atoms with E-state index >= 15 is 0 Å². The Morgan fingerprint density at radius 1 is 0.919 bits per heavy atom. The molecule has 0 spiro atoms. The molecule has 184 valence electrons. The van der Waals surface area contributed by atoms with Crippen LogP contribution in [0.15, 0.2) is 91.1 Å². The van der Waals surface area contributed by atoms with Crippen molar-refractivity contribution in [3.63, 3.8) is 0 Å². The number of nitrogens with zero attached hydrogens (tertiary/aromatic N) is 2. The second kappa shape index (κ2) is 10.3. The van der Waals surface area contributed by atoms with Crippen molar-refractivity contribution in [3.8, 4) is 28.1 Å². The van der Waals surface area contributed by atoms with Crippen LogP contribution in [0.5, 0.6) is 0 Å². The third kappa shape index (κ3) is 4.71. The van der Waals surface area contributed by atoms with Gasteiger partial charge >= 0.3 is 5.97 Å². The van der Waals surface area contributed by atoms with Gasteiger partial charge in [0, 0.05) is 22.5 Å². The number of aryl methyl sites for hydroxylation is 1. The highest BCUT2D eigenvalue weighted by Crippen LogP contribution is 2.38. The first-order chi connectivity index (χ1) is 18.0. The largest absolute Gasteiger partial charge is 0.461 e. The Labute approximate surface area is 219 Å². The summed E-state index contributed by atoms with van der Waals surface area (Å²) in [5.74, 6) is -0.977. The Bertz CT molecular complexity index is 1570. The van der Waals surface area contributed by atoms with Crippen LogP contribution in [-0.4, -0.2) is 33.1 Å². The minimum atomic E-state index is -0.656. The van der Waals surface area contributed by atoms with E-state index in [-0.39, 0.29) is 23.6 Å². The number of ether oxygens (including phenoxy) is 1. The highest BCUT2D eigenvalue weighted by molar-refractivity contribution is 6.30. The van der Waals surface area contributed by atoms with E-state index in [9.17, 15) is 9.59 Å². The molecule has 2 aromatic heterocycles. The number of hydrogen-bond donors (Lipinski definition) is 1. The maximum absolute atomic E-state index is 14.2. The van der Waals surface area contributed by atoms with E-state index < -0.39 is 5.97 Å². The summed E-state index contributed by atoms with van der Waals surface area (Å²) in [6.07, 6.45) is 1.57. The van der Waals surface area contributed by atoms with Crippen LogP contribution >= 0.6 is 11.6 Å². The van der Waals surface area contributed by atoms with E-state index in [1.54, 1.807) is 37.4 Å². The topological polar surface area (TPSA) is 77.0 Å². The lowest BCUT2D eigenvalue weighted by Crippen LogP contribution is -2.12. The minimum absolute atomic E-state index is 0.0392. The lowest BCUT2D eigenvalue weighted by molar-refractivity contribution is 0.0516. The monoisotopic (exact) mass is 509 g/mol. The summed E-state index contributed by atoms with van der Waals surface area (Å²) in [5.41, 5.74) is 5.38. The molecule has 0 aliphatic carbocycles. The molecule has 1 N–H and O–H groups in total. The van der Waals surface area contributed by atoms with Crippen LogP contribution in [0.25, 0.3) is 28.1 Å². The van der Waals surface area contributed by atoms with Gasteiger partial charge in [-0.1, -0.05) is 72.3 Å². The van der Waals surface area contributed by atoms with Crippen molar-refractivity contribution in [1.82, 2.24) is 14.8 Å². The quantitative estimate of drug-likeness (QED) is 0.191. The van der Waals surface area contributed by atoms with Crippen molar-refractivity contribution in [1.29, 1.82) is 0 Å². The fraction of sp³-hybridized carbons (Fsp3) is 0.100. The highest BCUT2D eigenvalue weighted by atomic mass is 35.5. The van der Waals surface area contributed by atoms with Crippen LogP contribution < -0.4 is 0 Å². The van der Waals surface area contributed by atoms with Crippen molar-refractivity contribution in [2.24, 2.45) is 0 Å². The Balaban J connectivity index is 1.71. The van der Waals surface area contributed by atoms with Crippen molar-refractivity contribution in [3.05, 3.63) is 119 Å². The third-order valence-electron chi connectivity index (χ3n) is 6.06. The first-order valence-corrected chi connectivity index (χ1v) is 12.3. The SMILES string of the molecule is CCOC(=O)c1nn(-c2ccc(Cl)cc2)cc1C(=O)c1c(C)[nH]c(-c2ccccc2)c1-c1ccccc1. The van der Waals surface area contributed by atoms with Crippen molar-refractivity contribution >= 4 is 23.4 Å². The molecular formula is C30H24ClN3O3. The molecule has 0 unspecified atom stereocenters. The van der Waals surface area contributed by atoms with Crippen LogP contribution in [0.2, 0.25) is 5.02 Å². The van der Waals surface area contributed by atoms with Gasteiger partial charge in [0.05, 0.1) is 29.1 Å². The van der Waals surface area contributed by atoms with Crippen LogP contribution in [0, 0.1) is 6.92 Å². The number of benzene rings is 3. The van der Waals surface area contributed by atoms with Crippen molar-refractivity contribution in [2.75, 3.05) is 6.61 Å². The first-order valence-electron chi connectivity index (χ1n) is 11.9. The number of hydrogen-bond acceptors (Lipinski definition) is 4. The fourth-order valence-electron chi connectivity index (χ4n) is 4.37. The molecule has 2 heterocycles. The zero-order valence-electron chi connectivity index (χ0n) is 20.4. The van der Waals surface area contributed by atoms with Gasteiger partial charge in [0.25, 0.3) is 0 Å². The lowest BCUT2D eigenvalue weighted by atomic mass is 9.92. The minimum Gasteiger partial charge on any atom is -0.461 e. The average Bonchev–Trinajstić information content (AvgIpc) is 3.52. The number of esters is 1. The summed E-state index contributed by atoms with van der Waals surface area (Å²) in [6, 6.07) is 26.6. The molecule has 6 nitrogen and oxygen atoms in total. The van der Waals surface area contributed by atoms with Crippen molar-refractivity contribution in [2.45, 2.75) is 13.8 Å². The van der Waals surface area contributed by atoms with Gasteiger partial charge in [-0.25, -0.2) is 9.48 Å². The van der Waals surface area contributed by atoms with Gasteiger partial charge in [0.15, 0.2) is 11.5 Å². The predicted molar refractivity (Wildman–Crippen MR) is 144 cm³/mol. The van der Waals surface area contributed by atoms with Crippen LogP contribution in [0.3, 0.4) is 0 Å². The van der Waals surface area contributed by atoms with E-state index in [1.165, 1.54) is 4.68 Å². The zero-order chi connectivity index (χ0) is 25.9. The second-order valence-electron chi connectivity index (χ2n) is 8.47. The molecule has 0 saturated heterocycles. The number of nitrogens with one attached hydrogen (secondary N) is 1. The standard InChI is InChI=1S/C30H24ClN3O3/c1-3-37-30(36)28-24(18-34(33-28)23-16-14-22(31)15-17-23)29(35)25-19(2)32-27(21-12-8-5-9-13-21)26(25)20-10-6-4-7-11-20/h4-18,32H,3H2,1-2H3. The third-order valence-corrected chi connectivity index (χ3v) is 6.31. The molecule has 7 heteroatoms. The molecule has 3 aromatic carbocycles. The summed E-state index contributed by atoms with van der Waals surface area (Å²) in [5, 5.41) is 5.01. The van der Waals surface area contributed by atoms with Gasteiger partial charge in [-0.3, -0.25) is 4.79 Å². The molecule has 0 saturated carbocycles. The van der Waals surface area contributed by atoms with Crippen LogP contribution in [-0.2, 0) is 4.74 Å². The number of halogens is 1. The number of aromatic amines is 1. The second-order valence-corrected chi connectivity index (χ2v) is 8.91. The van der Waals surface area contributed by atoms with Gasteiger partial charge < -0.3 is 9.72 Å². The van der Waals surface area contributed by atoms with Gasteiger partial charge in [-0.15, -0.1) is 0 Å². The molecule has 0 radical (unpaired) electrons. The average molecular weight is 510 g/mol. The van der Waals surface area contributed by atoms with Gasteiger partial charge in [-0.2, -0.15) is 5.10 Å². The molecular weight excluding hydrogens is 486 g/mol. The summed E-state index contributed by atoms with van der Waals surface area (Å²) in [4.78, 5) is 30.5. The van der Waals surface area contributed by atoms with E-state index in [4.69, 9.17) is 16.3 Å². The van der Waals surface area contributed by atoms with E-state index in [1.807, 2.05) is 67.6 Å². The molecule has 0 atom stereocenters. The van der Waals surface area contributed by atoms with Crippen molar-refractivity contribution < 1.29 is 14.3 Å². The zero-order valence-corrected chi connectivity index (χ0v) is 21.1. The smallest absolute Gasteiger partial charge is 0.359 e. The summed E-state index contributed by atoms with van der Waals surface area (Å²) in [7, 11) is 0. The van der Waals surface area contributed by atoms with Gasteiger partial charge in [0.2, 0.25) is 0 Å². The number of rotatable bonds is 7. The number of H-pyrrole nitrogens is 1. The molecule has 0 aliphatic rings. The molecule has 0 fully saturated rings. The number of ketones is 1. The molecule has 5 rings (SSSR count). The van der Waals surface area contributed by atoms with Gasteiger partial charge in [0.1, 0.15) is 0 Å². The van der Waals surface area contributed by atoms with E-state index in [0.717, 1.165) is 22.4 Å². The Morgan fingerprint density at radius 3 is 2.16 bits per heavy atom. The van der Waals surface area contributed by atoms with Crippen LogP contribution in [0.1, 0.15) is 39.0 Å². The first kappa shape index (κ1) is 24.3. The number of aromatic nitrogens is 3. The molecule has 0 bridgehead atoms. The van der Waals surface area contributed by atoms with E-state index in [2.05, 4.69) is 10.1 Å². The maximum Gasteiger partial charge on any atom is 0.359 e. The molecule has 37 heavy (non-hydrogen) atoms. The summed E-state index contributed by atoms with van der Waals surface area (Å²) in [6.45, 7) is 3.74. The molecule has 0 amide bonds. The summed E-state index contributed by atoms with van der Waals surface area (Å²) < 4.78 is 6.74. The predicted octanol–water partition coefficient (Wildman–Crippen LogP) is 6.90. The number of carbonyl (C=O) groups excluding carboxylic acids is 2. The maximum atomic E-state index is 14.2. The van der Waals surface area contributed by atoms with Gasteiger partial charge in [-0.05, 0) is 49.2 Å². The normalized spacial score (nSPS) is 10.9.